The summed E-state index contributed by atoms with van der Waals surface area (Å²) in [5.74, 6) is -0.427. The molecule has 5 rings (SSSR count). The van der Waals surface area contributed by atoms with Crippen molar-refractivity contribution in [1.82, 2.24) is 15.3 Å². The summed E-state index contributed by atoms with van der Waals surface area (Å²) in [7, 11) is 1.28. The van der Waals surface area contributed by atoms with Crippen LogP contribution in [0.3, 0.4) is 0 Å². The third kappa shape index (κ3) is 5.92. The molecule has 200 valence electrons. The van der Waals surface area contributed by atoms with E-state index in [4.69, 9.17) is 9.72 Å². The zero-order chi connectivity index (χ0) is 27.2. The SMILES string of the molecule is COC(=O)N(NC(=O)c1c(CCN2CCC(O)CC2)c(-c2ccccc2)nc2ccccc12)c1ccccc1. The van der Waals surface area contributed by atoms with Gasteiger partial charge in [0.05, 0.1) is 35.7 Å². The van der Waals surface area contributed by atoms with E-state index in [0.717, 1.165) is 47.8 Å². The number of para-hydroxylation sites is 2. The maximum absolute atomic E-state index is 14.1. The Kier molecular flexibility index (Phi) is 8.15. The Morgan fingerprint density at radius 2 is 1.62 bits per heavy atom. The minimum atomic E-state index is -0.704. The fourth-order valence-corrected chi connectivity index (χ4v) is 5.04. The van der Waals surface area contributed by atoms with E-state index in [0.29, 0.717) is 35.1 Å². The first kappa shape index (κ1) is 26.3. The second-order valence-corrected chi connectivity index (χ2v) is 9.60. The van der Waals surface area contributed by atoms with E-state index in [1.165, 1.54) is 7.11 Å². The molecule has 1 aliphatic heterocycles. The molecule has 1 fully saturated rings. The van der Waals surface area contributed by atoms with Gasteiger partial charge in [-0.3, -0.25) is 10.2 Å². The van der Waals surface area contributed by atoms with Crippen LogP contribution in [0.15, 0.2) is 84.9 Å². The van der Waals surface area contributed by atoms with Crippen molar-refractivity contribution in [2.45, 2.75) is 25.4 Å². The summed E-state index contributed by atoms with van der Waals surface area (Å²) in [5.41, 5.74) is 6.90. The summed E-state index contributed by atoms with van der Waals surface area (Å²) in [5, 5.41) is 11.8. The van der Waals surface area contributed by atoms with Crippen molar-refractivity contribution in [3.05, 3.63) is 96.1 Å². The Balaban J connectivity index is 1.60. The van der Waals surface area contributed by atoms with Crippen molar-refractivity contribution in [3.63, 3.8) is 0 Å². The number of aliphatic hydroxyl groups is 1. The van der Waals surface area contributed by atoms with Crippen LogP contribution in [0, 0.1) is 0 Å². The number of rotatable bonds is 6. The van der Waals surface area contributed by atoms with Crippen LogP contribution in [0.1, 0.15) is 28.8 Å². The van der Waals surface area contributed by atoms with Crippen molar-refractivity contribution < 1.29 is 19.4 Å². The summed E-state index contributed by atoms with van der Waals surface area (Å²) >= 11 is 0. The molecule has 0 aliphatic carbocycles. The zero-order valence-corrected chi connectivity index (χ0v) is 21.9. The first-order chi connectivity index (χ1) is 19.0. The molecule has 1 aliphatic rings. The van der Waals surface area contributed by atoms with Gasteiger partial charge < -0.3 is 14.7 Å². The average molecular weight is 525 g/mol. The standard InChI is InChI=1S/C31H32N4O4/c1-39-31(38)35(23-12-6-3-7-13-23)33-30(37)28-25-14-8-9-15-27(25)32-29(22-10-4-2-5-11-22)26(28)18-21-34-19-16-24(36)17-20-34/h2-15,24,36H,16-21H2,1H3,(H,33,37). The van der Waals surface area contributed by atoms with Crippen LogP contribution in [-0.2, 0) is 11.2 Å². The van der Waals surface area contributed by atoms with Gasteiger partial charge in [-0.15, -0.1) is 0 Å². The van der Waals surface area contributed by atoms with E-state index in [9.17, 15) is 14.7 Å². The second kappa shape index (κ2) is 12.1. The van der Waals surface area contributed by atoms with E-state index < -0.39 is 12.0 Å². The highest BCUT2D eigenvalue weighted by Crippen LogP contribution is 2.31. The number of aromatic nitrogens is 1. The quantitative estimate of drug-likeness (QED) is 0.351. The second-order valence-electron chi connectivity index (χ2n) is 9.60. The molecule has 2 N–H and O–H groups in total. The number of hydrogen-bond acceptors (Lipinski definition) is 6. The topological polar surface area (TPSA) is 95.0 Å². The highest BCUT2D eigenvalue weighted by molar-refractivity contribution is 6.10. The van der Waals surface area contributed by atoms with Crippen LogP contribution < -0.4 is 10.4 Å². The number of anilines is 1. The monoisotopic (exact) mass is 524 g/mol. The molecule has 3 aromatic carbocycles. The number of hydrogen-bond donors (Lipinski definition) is 2. The van der Waals surface area contributed by atoms with Gasteiger partial charge in [0.1, 0.15) is 0 Å². The molecule has 1 aromatic heterocycles. The number of carbonyl (C=O) groups is 2. The number of carbonyl (C=O) groups excluding carboxylic acids is 2. The zero-order valence-electron chi connectivity index (χ0n) is 21.9. The van der Waals surface area contributed by atoms with Gasteiger partial charge in [0.15, 0.2) is 0 Å². The number of hydrazine groups is 1. The van der Waals surface area contributed by atoms with E-state index in [1.54, 1.807) is 24.3 Å². The van der Waals surface area contributed by atoms with Gasteiger partial charge in [-0.2, -0.15) is 5.01 Å². The van der Waals surface area contributed by atoms with Crippen molar-refractivity contribution in [2.24, 2.45) is 0 Å². The van der Waals surface area contributed by atoms with E-state index in [2.05, 4.69) is 10.3 Å². The Bertz CT molecular complexity index is 1440. The Morgan fingerprint density at radius 1 is 0.974 bits per heavy atom. The molecule has 4 aromatic rings. The Hall–Kier alpha value is -4.27. The lowest BCUT2D eigenvalue weighted by molar-refractivity contribution is 0.0831. The minimum absolute atomic E-state index is 0.257. The number of pyridine rings is 1. The van der Waals surface area contributed by atoms with E-state index in [1.807, 2.05) is 60.7 Å². The van der Waals surface area contributed by atoms with E-state index >= 15 is 0 Å². The summed E-state index contributed by atoms with van der Waals surface area (Å²) in [4.78, 5) is 34.2. The van der Waals surface area contributed by atoms with Crippen molar-refractivity contribution in [2.75, 3.05) is 31.8 Å². The number of benzene rings is 3. The fraction of sp³-hybridized carbons (Fsp3) is 0.258. The highest BCUT2D eigenvalue weighted by Gasteiger charge is 2.26. The number of nitrogens with one attached hydrogen (secondary N) is 1. The van der Waals surface area contributed by atoms with Crippen LogP contribution in [0.2, 0.25) is 0 Å². The number of methoxy groups -OCH3 is 1. The Morgan fingerprint density at radius 3 is 2.31 bits per heavy atom. The molecule has 0 saturated carbocycles. The first-order valence-corrected chi connectivity index (χ1v) is 13.2. The smallest absolute Gasteiger partial charge is 0.433 e. The summed E-state index contributed by atoms with van der Waals surface area (Å²) in [6.45, 7) is 2.31. The molecule has 8 heteroatoms. The molecule has 2 amide bonds. The summed E-state index contributed by atoms with van der Waals surface area (Å²) < 4.78 is 4.98. The van der Waals surface area contributed by atoms with Crippen molar-refractivity contribution in [1.29, 1.82) is 0 Å². The fourth-order valence-electron chi connectivity index (χ4n) is 5.04. The third-order valence-electron chi connectivity index (χ3n) is 7.09. The van der Waals surface area contributed by atoms with Gasteiger partial charge in [-0.25, -0.2) is 9.78 Å². The van der Waals surface area contributed by atoms with Crippen LogP contribution in [0.25, 0.3) is 22.2 Å². The van der Waals surface area contributed by atoms with Crippen LogP contribution in [-0.4, -0.2) is 59.8 Å². The number of amides is 2. The van der Waals surface area contributed by atoms with Crippen molar-refractivity contribution in [3.8, 4) is 11.3 Å². The molecular weight excluding hydrogens is 492 g/mol. The molecule has 39 heavy (non-hydrogen) atoms. The average Bonchev–Trinajstić information content (AvgIpc) is 2.99. The van der Waals surface area contributed by atoms with Gasteiger partial charge >= 0.3 is 6.09 Å². The molecule has 0 radical (unpaired) electrons. The van der Waals surface area contributed by atoms with Gasteiger partial charge in [0, 0.05) is 30.6 Å². The predicted octanol–water partition coefficient (Wildman–Crippen LogP) is 4.82. The molecule has 0 spiro atoms. The summed E-state index contributed by atoms with van der Waals surface area (Å²) in [6, 6.07) is 26.3. The van der Waals surface area contributed by atoms with Crippen LogP contribution in [0.5, 0.6) is 0 Å². The molecule has 8 nitrogen and oxygen atoms in total. The first-order valence-electron chi connectivity index (χ1n) is 13.2. The number of piperidine rings is 1. The number of ether oxygens (including phenoxy) is 1. The molecular formula is C31H32N4O4. The number of nitrogens with zero attached hydrogens (tertiary/aromatic N) is 3. The lowest BCUT2D eigenvalue weighted by Gasteiger charge is -2.30. The third-order valence-corrected chi connectivity index (χ3v) is 7.09. The Labute approximate surface area is 227 Å². The van der Waals surface area contributed by atoms with Crippen molar-refractivity contribution >= 4 is 28.6 Å². The maximum atomic E-state index is 14.1. The largest absolute Gasteiger partial charge is 0.451 e. The molecule has 0 unspecified atom stereocenters. The predicted molar refractivity (Wildman–Crippen MR) is 151 cm³/mol. The maximum Gasteiger partial charge on any atom is 0.433 e. The van der Waals surface area contributed by atoms with Gasteiger partial charge in [-0.05, 0) is 43.0 Å². The highest BCUT2D eigenvalue weighted by atomic mass is 16.5. The van der Waals surface area contributed by atoms with Gasteiger partial charge in [0.25, 0.3) is 5.91 Å². The minimum Gasteiger partial charge on any atom is -0.451 e. The van der Waals surface area contributed by atoms with E-state index in [-0.39, 0.29) is 6.10 Å². The lowest BCUT2D eigenvalue weighted by atomic mass is 9.93. The number of fused-ring (bicyclic) bond motifs is 1. The summed E-state index contributed by atoms with van der Waals surface area (Å²) in [6.07, 6.45) is 1.08. The van der Waals surface area contributed by atoms with Gasteiger partial charge in [-0.1, -0.05) is 66.7 Å². The lowest BCUT2D eigenvalue weighted by Crippen LogP contribution is -2.47. The number of likely N-dealkylation sites (tertiary alicyclic amines) is 1. The molecule has 0 atom stereocenters. The van der Waals surface area contributed by atoms with Crippen LogP contribution in [0.4, 0.5) is 10.5 Å². The molecule has 1 saturated heterocycles. The molecule has 2 heterocycles. The number of aliphatic hydroxyl groups excluding tert-OH is 1. The molecule has 0 bridgehead atoms. The van der Waals surface area contributed by atoms with Crippen LogP contribution >= 0.6 is 0 Å². The van der Waals surface area contributed by atoms with Gasteiger partial charge in [0.2, 0.25) is 0 Å². The normalized spacial score (nSPS) is 14.2.